The van der Waals surface area contributed by atoms with E-state index in [0.29, 0.717) is 13.2 Å². The minimum absolute atomic E-state index is 0. The van der Waals surface area contributed by atoms with E-state index < -0.39 is 0 Å². The largest absolute Gasteiger partial charge is 0.494 e. The van der Waals surface area contributed by atoms with Crippen molar-refractivity contribution in [3.05, 3.63) is 54.0 Å². The van der Waals surface area contributed by atoms with E-state index in [1.807, 2.05) is 25.1 Å². The molecule has 1 saturated heterocycles. The second kappa shape index (κ2) is 12.0. The van der Waals surface area contributed by atoms with Crippen molar-refractivity contribution in [2.75, 3.05) is 33.3 Å². The lowest BCUT2D eigenvalue weighted by Gasteiger charge is -2.26. The van der Waals surface area contributed by atoms with Gasteiger partial charge in [0.25, 0.3) is 0 Å². The van der Waals surface area contributed by atoms with Crippen molar-refractivity contribution in [2.24, 2.45) is 4.99 Å². The Kier molecular flexibility index (Phi) is 9.63. The van der Waals surface area contributed by atoms with Crippen LogP contribution >= 0.6 is 24.0 Å². The Labute approximate surface area is 184 Å². The van der Waals surface area contributed by atoms with Crippen molar-refractivity contribution in [1.82, 2.24) is 15.5 Å². The summed E-state index contributed by atoms with van der Waals surface area (Å²) >= 11 is 0. The summed E-state index contributed by atoms with van der Waals surface area (Å²) in [6, 6.07) is 12.4. The van der Waals surface area contributed by atoms with Crippen LogP contribution in [0.5, 0.6) is 5.75 Å². The molecular formula is C21H31IN4O2. The fraction of sp³-hybridized carbons (Fsp3) is 0.476. The molecule has 1 atom stereocenters. The molecule has 28 heavy (non-hydrogen) atoms. The maximum atomic E-state index is 5.68. The van der Waals surface area contributed by atoms with E-state index in [4.69, 9.17) is 9.15 Å². The van der Waals surface area contributed by atoms with Gasteiger partial charge in [-0.25, -0.2) is 0 Å². The van der Waals surface area contributed by atoms with Gasteiger partial charge >= 0.3 is 0 Å². The van der Waals surface area contributed by atoms with Gasteiger partial charge in [0.15, 0.2) is 5.96 Å². The average Bonchev–Trinajstić information content (AvgIpc) is 3.40. The molecule has 1 aromatic heterocycles. The molecule has 2 heterocycles. The van der Waals surface area contributed by atoms with Gasteiger partial charge in [-0.15, -0.1) is 24.0 Å². The SMILES string of the molecule is CCOc1cccc(CNC(=NC)NCC(c2ccco2)N2CCCC2)c1.I. The predicted octanol–water partition coefficient (Wildman–Crippen LogP) is 3.80. The molecule has 2 N–H and O–H groups in total. The molecule has 1 aliphatic rings. The number of nitrogens with one attached hydrogen (secondary N) is 2. The number of likely N-dealkylation sites (tertiary alicyclic amines) is 1. The summed E-state index contributed by atoms with van der Waals surface area (Å²) in [4.78, 5) is 6.83. The van der Waals surface area contributed by atoms with Crippen LogP contribution < -0.4 is 15.4 Å². The summed E-state index contributed by atoms with van der Waals surface area (Å²) in [7, 11) is 1.80. The standard InChI is InChI=1S/C21H30N4O2.HI/c1-3-26-18-9-6-8-17(14-18)15-23-21(22-2)24-16-19(20-10-7-13-27-20)25-11-4-5-12-25;/h6-10,13-14,19H,3-5,11-12,15-16H2,1-2H3,(H2,22,23,24);1H. The van der Waals surface area contributed by atoms with E-state index in [2.05, 4.69) is 38.7 Å². The summed E-state index contributed by atoms with van der Waals surface area (Å²) in [6.07, 6.45) is 4.25. The molecule has 3 rings (SSSR count). The Morgan fingerprint density at radius 3 is 2.71 bits per heavy atom. The first-order valence-electron chi connectivity index (χ1n) is 9.74. The number of halogens is 1. The molecule has 0 aliphatic carbocycles. The summed E-state index contributed by atoms with van der Waals surface area (Å²) in [5, 5.41) is 6.83. The van der Waals surface area contributed by atoms with Gasteiger partial charge in [-0.1, -0.05) is 12.1 Å². The van der Waals surface area contributed by atoms with E-state index in [0.717, 1.165) is 42.7 Å². The first kappa shape index (κ1) is 22.5. The highest BCUT2D eigenvalue weighted by molar-refractivity contribution is 14.0. The topological polar surface area (TPSA) is 62.0 Å². The van der Waals surface area contributed by atoms with Gasteiger partial charge in [-0.2, -0.15) is 0 Å². The summed E-state index contributed by atoms with van der Waals surface area (Å²) in [5.41, 5.74) is 1.16. The van der Waals surface area contributed by atoms with E-state index in [-0.39, 0.29) is 30.0 Å². The Morgan fingerprint density at radius 2 is 2.04 bits per heavy atom. The normalized spacial score (nSPS) is 15.7. The fourth-order valence-electron chi connectivity index (χ4n) is 3.46. The molecular weight excluding hydrogens is 467 g/mol. The molecule has 0 saturated carbocycles. The van der Waals surface area contributed by atoms with Crippen molar-refractivity contribution in [2.45, 2.75) is 32.4 Å². The first-order chi connectivity index (χ1) is 13.3. The Hall–Kier alpha value is -1.74. The molecule has 7 heteroatoms. The number of ether oxygens (including phenoxy) is 1. The van der Waals surface area contributed by atoms with Crippen LogP contribution in [-0.2, 0) is 6.54 Å². The van der Waals surface area contributed by atoms with Gasteiger partial charge in [0.1, 0.15) is 11.5 Å². The third kappa shape index (κ3) is 6.41. The number of guanidine groups is 1. The Balaban J connectivity index is 0.00000280. The summed E-state index contributed by atoms with van der Waals surface area (Å²) in [5.74, 6) is 2.68. The van der Waals surface area contributed by atoms with Gasteiger partial charge in [0.05, 0.1) is 18.9 Å². The van der Waals surface area contributed by atoms with Crippen LogP contribution in [0.2, 0.25) is 0 Å². The fourth-order valence-corrected chi connectivity index (χ4v) is 3.46. The summed E-state index contributed by atoms with van der Waals surface area (Å²) < 4.78 is 11.3. The number of rotatable bonds is 8. The monoisotopic (exact) mass is 498 g/mol. The van der Waals surface area contributed by atoms with Gasteiger partial charge in [0.2, 0.25) is 0 Å². The van der Waals surface area contributed by atoms with Crippen LogP contribution in [0.4, 0.5) is 0 Å². The highest BCUT2D eigenvalue weighted by Gasteiger charge is 2.25. The van der Waals surface area contributed by atoms with Crippen LogP contribution in [0.15, 0.2) is 52.1 Å². The molecule has 0 amide bonds. The molecule has 0 bridgehead atoms. The minimum atomic E-state index is 0. The number of furan rings is 1. The Bertz CT molecular complexity index is 715. The highest BCUT2D eigenvalue weighted by Crippen LogP contribution is 2.24. The van der Waals surface area contributed by atoms with Crippen LogP contribution in [0.25, 0.3) is 0 Å². The second-order valence-electron chi connectivity index (χ2n) is 6.66. The third-order valence-corrected chi connectivity index (χ3v) is 4.81. The van der Waals surface area contributed by atoms with E-state index in [9.17, 15) is 0 Å². The van der Waals surface area contributed by atoms with Gasteiger partial charge in [0, 0.05) is 20.1 Å². The van der Waals surface area contributed by atoms with Crippen molar-refractivity contribution >= 4 is 29.9 Å². The maximum absolute atomic E-state index is 5.68. The number of aliphatic imine (C=N–C) groups is 1. The zero-order valence-electron chi connectivity index (χ0n) is 16.7. The molecule has 1 unspecified atom stereocenters. The number of benzene rings is 1. The van der Waals surface area contributed by atoms with Crippen molar-refractivity contribution in [3.8, 4) is 5.75 Å². The quantitative estimate of drug-likeness (QED) is 0.330. The minimum Gasteiger partial charge on any atom is -0.494 e. The molecule has 0 radical (unpaired) electrons. The van der Waals surface area contributed by atoms with E-state index in [1.54, 1.807) is 13.3 Å². The molecule has 2 aromatic rings. The van der Waals surface area contributed by atoms with Crippen molar-refractivity contribution in [1.29, 1.82) is 0 Å². The first-order valence-corrected chi connectivity index (χ1v) is 9.74. The number of hydrogen-bond acceptors (Lipinski definition) is 4. The predicted molar refractivity (Wildman–Crippen MR) is 123 cm³/mol. The number of nitrogens with zero attached hydrogens (tertiary/aromatic N) is 2. The lowest BCUT2D eigenvalue weighted by Crippen LogP contribution is -2.42. The molecule has 154 valence electrons. The molecule has 1 fully saturated rings. The molecule has 6 nitrogen and oxygen atoms in total. The molecule has 1 aliphatic heterocycles. The second-order valence-corrected chi connectivity index (χ2v) is 6.66. The third-order valence-electron chi connectivity index (χ3n) is 4.81. The average molecular weight is 498 g/mol. The molecule has 0 spiro atoms. The van der Waals surface area contributed by atoms with Gasteiger partial charge in [-0.05, 0) is 62.7 Å². The van der Waals surface area contributed by atoms with Crippen LogP contribution in [0.3, 0.4) is 0 Å². The summed E-state index contributed by atoms with van der Waals surface area (Å²) in [6.45, 7) is 6.34. The van der Waals surface area contributed by atoms with Crippen molar-refractivity contribution in [3.63, 3.8) is 0 Å². The van der Waals surface area contributed by atoms with Crippen LogP contribution in [-0.4, -0.2) is 44.1 Å². The van der Waals surface area contributed by atoms with Gasteiger partial charge < -0.3 is 19.8 Å². The van der Waals surface area contributed by atoms with Crippen LogP contribution in [0, 0.1) is 0 Å². The lowest BCUT2D eigenvalue weighted by atomic mass is 10.2. The molecule has 1 aromatic carbocycles. The zero-order chi connectivity index (χ0) is 18.9. The van der Waals surface area contributed by atoms with E-state index >= 15 is 0 Å². The van der Waals surface area contributed by atoms with E-state index in [1.165, 1.54) is 12.8 Å². The zero-order valence-corrected chi connectivity index (χ0v) is 19.0. The Morgan fingerprint density at radius 1 is 1.21 bits per heavy atom. The van der Waals surface area contributed by atoms with Crippen LogP contribution in [0.1, 0.15) is 37.1 Å². The number of hydrogen-bond donors (Lipinski definition) is 2. The smallest absolute Gasteiger partial charge is 0.191 e. The maximum Gasteiger partial charge on any atom is 0.191 e. The van der Waals surface area contributed by atoms with Gasteiger partial charge in [-0.3, -0.25) is 9.89 Å². The van der Waals surface area contributed by atoms with Crippen molar-refractivity contribution < 1.29 is 9.15 Å². The highest BCUT2D eigenvalue weighted by atomic mass is 127. The lowest BCUT2D eigenvalue weighted by molar-refractivity contribution is 0.215.